The van der Waals surface area contributed by atoms with Gasteiger partial charge in [-0.05, 0) is 13.3 Å². The Kier molecular flexibility index (Phi) is 23.3. The van der Waals surface area contributed by atoms with Gasteiger partial charge in [-0.25, -0.2) is 9.97 Å². The Bertz CT molecular complexity index is 1390. The molecule has 0 fully saturated rings. The molecule has 0 radical (unpaired) electrons. The van der Waals surface area contributed by atoms with E-state index in [4.69, 9.17) is 32.5 Å². The summed E-state index contributed by atoms with van der Waals surface area (Å²) in [6, 6.07) is 0. The molecule has 0 saturated carbocycles. The van der Waals surface area contributed by atoms with E-state index >= 15 is 0 Å². The maximum atomic E-state index is 13.0. The number of ether oxygens (including phenoxy) is 5. The molecule has 2 rings (SSSR count). The Morgan fingerprint density at radius 3 is 1.69 bits per heavy atom. The summed E-state index contributed by atoms with van der Waals surface area (Å²) in [5, 5.41) is 0. The average Bonchev–Trinajstić information content (AvgIpc) is 3.90. The molecule has 310 valence electrons. The first kappa shape index (κ1) is 46.9. The summed E-state index contributed by atoms with van der Waals surface area (Å²) in [6.07, 6.45) is 13.3. The highest BCUT2D eigenvalue weighted by molar-refractivity contribution is 5.71. The van der Waals surface area contributed by atoms with E-state index in [2.05, 4.69) is 16.9 Å². The predicted octanol–water partition coefficient (Wildman–Crippen LogP) is 9.15. The quantitative estimate of drug-likeness (QED) is 0.0415. The van der Waals surface area contributed by atoms with Crippen molar-refractivity contribution >= 4 is 29.8 Å². The van der Waals surface area contributed by atoms with Crippen molar-refractivity contribution in [1.82, 2.24) is 9.97 Å². The molecule has 0 saturated heterocycles. The Balaban J connectivity index is 2.17. The fourth-order valence-corrected chi connectivity index (χ4v) is 5.88. The van der Waals surface area contributed by atoms with Crippen LogP contribution in [0.4, 0.5) is 0 Å². The fourth-order valence-electron chi connectivity index (χ4n) is 5.88. The zero-order valence-electron chi connectivity index (χ0n) is 33.8. The summed E-state index contributed by atoms with van der Waals surface area (Å²) in [7, 11) is 0. The van der Waals surface area contributed by atoms with Crippen molar-refractivity contribution in [1.29, 1.82) is 0 Å². The molecule has 0 spiro atoms. The SMILES string of the molecule is CCCCCCCCCCCCCCCC(=O)OC(c1cnco1)c1nc(C(CC(OC(=O)CC)C(OC(=O)CC)C(C)OC(=O)CC)OC(=O)CC)co1. The van der Waals surface area contributed by atoms with Crippen LogP contribution in [0.15, 0.2) is 27.7 Å². The molecule has 55 heavy (non-hydrogen) atoms. The van der Waals surface area contributed by atoms with E-state index in [1.807, 2.05) is 0 Å². The highest BCUT2D eigenvalue weighted by Crippen LogP contribution is 2.32. The molecule has 2 aromatic heterocycles. The van der Waals surface area contributed by atoms with E-state index in [-0.39, 0.29) is 55.9 Å². The van der Waals surface area contributed by atoms with Gasteiger partial charge in [-0.1, -0.05) is 112 Å². The van der Waals surface area contributed by atoms with Gasteiger partial charge in [0.1, 0.15) is 24.2 Å². The molecule has 0 aromatic carbocycles. The van der Waals surface area contributed by atoms with Gasteiger partial charge in [0.15, 0.2) is 24.4 Å². The number of rotatable bonds is 30. The molecule has 14 heteroatoms. The van der Waals surface area contributed by atoms with Gasteiger partial charge in [-0.2, -0.15) is 0 Å². The number of oxazole rings is 2. The number of carbonyl (C=O) groups is 5. The van der Waals surface area contributed by atoms with Crippen LogP contribution in [0.1, 0.15) is 193 Å². The van der Waals surface area contributed by atoms with Crippen LogP contribution in [0.3, 0.4) is 0 Å². The molecule has 14 nitrogen and oxygen atoms in total. The highest BCUT2D eigenvalue weighted by Gasteiger charge is 2.39. The molecule has 5 unspecified atom stereocenters. The van der Waals surface area contributed by atoms with Crippen molar-refractivity contribution in [3.63, 3.8) is 0 Å². The number of esters is 5. The van der Waals surface area contributed by atoms with Crippen molar-refractivity contribution < 1.29 is 56.5 Å². The zero-order chi connectivity index (χ0) is 40.4. The third kappa shape index (κ3) is 18.3. The molecule has 2 aromatic rings. The number of nitrogens with zero attached hydrogens (tertiary/aromatic N) is 2. The maximum Gasteiger partial charge on any atom is 0.307 e. The Hall–Kier alpha value is -4.23. The van der Waals surface area contributed by atoms with E-state index in [9.17, 15) is 24.0 Å². The van der Waals surface area contributed by atoms with Gasteiger partial charge in [0.2, 0.25) is 12.0 Å². The monoisotopic (exact) mass is 776 g/mol. The third-order valence-electron chi connectivity index (χ3n) is 9.11. The largest absolute Gasteiger partial charge is 0.459 e. The van der Waals surface area contributed by atoms with Crippen LogP contribution in [0, 0.1) is 0 Å². The second-order valence-corrected chi connectivity index (χ2v) is 13.7. The number of aromatic nitrogens is 2. The summed E-state index contributed by atoms with van der Waals surface area (Å²) in [6.45, 7) is 10.2. The lowest BCUT2D eigenvalue weighted by atomic mass is 10.0. The molecule has 0 amide bonds. The lowest BCUT2D eigenvalue weighted by Gasteiger charge is -2.32. The van der Waals surface area contributed by atoms with Gasteiger partial charge in [0.25, 0.3) is 0 Å². The average molecular weight is 777 g/mol. The van der Waals surface area contributed by atoms with Crippen LogP contribution < -0.4 is 0 Å². The lowest BCUT2D eigenvalue weighted by molar-refractivity contribution is -0.187. The Labute approximate surface area is 326 Å². The highest BCUT2D eigenvalue weighted by atomic mass is 16.6. The van der Waals surface area contributed by atoms with E-state index in [1.165, 1.54) is 83.6 Å². The standard InChI is InChI=1S/C41H64N2O12/c1-7-12-13-14-15-16-17-18-19-20-21-22-23-24-38(48)55-40(33-26-42-28-50-33)41-43-30(27-49-41)31(52-35(45)9-3)25-32(53-36(46)10-4)39(54-37(47)11-5)29(6)51-34(44)8-2/h26-29,31-32,39-40H,7-25H2,1-6H3. The van der Waals surface area contributed by atoms with E-state index in [0.717, 1.165) is 19.3 Å². The van der Waals surface area contributed by atoms with Gasteiger partial charge in [-0.15, -0.1) is 0 Å². The van der Waals surface area contributed by atoms with Crippen LogP contribution in [-0.4, -0.2) is 58.1 Å². The maximum absolute atomic E-state index is 13.0. The minimum atomic E-state index is -1.25. The molecular weight excluding hydrogens is 712 g/mol. The Morgan fingerprint density at radius 2 is 1.15 bits per heavy atom. The van der Waals surface area contributed by atoms with Gasteiger partial charge < -0.3 is 32.5 Å². The first-order valence-corrected chi connectivity index (χ1v) is 20.4. The zero-order valence-corrected chi connectivity index (χ0v) is 33.8. The first-order chi connectivity index (χ1) is 26.6. The topological polar surface area (TPSA) is 184 Å². The summed E-state index contributed by atoms with van der Waals surface area (Å²) < 4.78 is 39.6. The van der Waals surface area contributed by atoms with Crippen molar-refractivity contribution in [3.05, 3.63) is 36.2 Å². The van der Waals surface area contributed by atoms with Crippen molar-refractivity contribution in [2.24, 2.45) is 0 Å². The second-order valence-electron chi connectivity index (χ2n) is 13.7. The molecule has 5 atom stereocenters. The van der Waals surface area contributed by atoms with Gasteiger partial charge in [0.05, 0.1) is 6.20 Å². The van der Waals surface area contributed by atoms with E-state index in [1.54, 1.807) is 27.7 Å². The third-order valence-corrected chi connectivity index (χ3v) is 9.11. The Morgan fingerprint density at radius 1 is 0.618 bits per heavy atom. The molecule has 0 aliphatic rings. The van der Waals surface area contributed by atoms with Crippen molar-refractivity contribution in [3.8, 4) is 0 Å². The van der Waals surface area contributed by atoms with Crippen LogP contribution >= 0.6 is 0 Å². The predicted molar refractivity (Wildman–Crippen MR) is 201 cm³/mol. The van der Waals surface area contributed by atoms with E-state index in [0.29, 0.717) is 6.42 Å². The van der Waals surface area contributed by atoms with Crippen LogP contribution in [-0.2, 0) is 47.7 Å². The van der Waals surface area contributed by atoms with Crippen molar-refractivity contribution in [2.75, 3.05) is 0 Å². The first-order valence-electron chi connectivity index (χ1n) is 20.4. The molecule has 0 aliphatic carbocycles. The molecular formula is C41H64N2O12. The normalized spacial score (nSPS) is 13.9. The minimum absolute atomic E-state index is 0.00137. The molecule has 0 aliphatic heterocycles. The molecule has 0 bridgehead atoms. The summed E-state index contributed by atoms with van der Waals surface area (Å²) in [4.78, 5) is 71.5. The molecule has 0 N–H and O–H groups in total. The fraction of sp³-hybridized carbons (Fsp3) is 0.732. The van der Waals surface area contributed by atoms with E-state index < -0.39 is 60.4 Å². The van der Waals surface area contributed by atoms with Crippen LogP contribution in [0.2, 0.25) is 0 Å². The minimum Gasteiger partial charge on any atom is -0.459 e. The number of hydrogen-bond acceptors (Lipinski definition) is 14. The van der Waals surface area contributed by atoms with Crippen LogP contribution in [0.5, 0.6) is 0 Å². The van der Waals surface area contributed by atoms with Crippen molar-refractivity contribution in [2.45, 2.75) is 194 Å². The van der Waals surface area contributed by atoms with Gasteiger partial charge in [-0.3, -0.25) is 24.0 Å². The van der Waals surface area contributed by atoms with Gasteiger partial charge in [0, 0.05) is 38.5 Å². The number of unbranched alkanes of at least 4 members (excludes halogenated alkanes) is 12. The van der Waals surface area contributed by atoms with Gasteiger partial charge >= 0.3 is 29.8 Å². The summed E-state index contributed by atoms with van der Waals surface area (Å²) in [5.41, 5.74) is 0.102. The summed E-state index contributed by atoms with van der Waals surface area (Å²) >= 11 is 0. The van der Waals surface area contributed by atoms with Crippen LogP contribution in [0.25, 0.3) is 0 Å². The molecule has 2 heterocycles. The smallest absolute Gasteiger partial charge is 0.307 e. The number of hydrogen-bond donors (Lipinski definition) is 0. The lowest BCUT2D eigenvalue weighted by Crippen LogP contribution is -2.45. The second kappa shape index (κ2) is 27.4. The summed E-state index contributed by atoms with van der Waals surface area (Å²) in [5.74, 6) is -2.77. The number of carbonyl (C=O) groups excluding carboxylic acids is 5.